The summed E-state index contributed by atoms with van der Waals surface area (Å²) in [4.78, 5) is 0. The maximum atomic E-state index is 12.4. The lowest BCUT2D eigenvalue weighted by Gasteiger charge is -2.19. The molecule has 1 aliphatic heterocycles. The van der Waals surface area contributed by atoms with Gasteiger partial charge in [-0.2, -0.15) is 4.74 Å². The molecule has 1 aliphatic rings. The van der Waals surface area contributed by atoms with Gasteiger partial charge in [-0.25, -0.2) is 0 Å². The van der Waals surface area contributed by atoms with E-state index in [0.717, 1.165) is 16.1 Å². The number of ether oxygens (including phenoxy) is 2. The summed E-state index contributed by atoms with van der Waals surface area (Å²) in [6.07, 6.45) is 0. The van der Waals surface area contributed by atoms with Gasteiger partial charge in [0.15, 0.2) is 12.4 Å². The van der Waals surface area contributed by atoms with E-state index < -0.39 is 0 Å². The molecule has 0 atom stereocenters. The van der Waals surface area contributed by atoms with Crippen molar-refractivity contribution in [2.24, 2.45) is 0 Å². The van der Waals surface area contributed by atoms with Crippen LogP contribution in [0.1, 0.15) is 5.56 Å². The number of rotatable bonds is 2. The zero-order chi connectivity index (χ0) is 13.2. The summed E-state index contributed by atoms with van der Waals surface area (Å²) in [6.45, 7) is 0.258. The lowest BCUT2D eigenvalue weighted by molar-refractivity contribution is -0.367. The summed E-state index contributed by atoms with van der Waals surface area (Å²) in [7, 11) is 1.60. The standard InChI is InChI=1S/C15H13NO3/c1-18-12-6-4-5-11(9-12)14-10-19-15-8-3-2-7-13(15)16(14)17/h2-9H,10H2,1H3. The van der Waals surface area contributed by atoms with Crippen LogP contribution in [0.5, 0.6) is 11.5 Å². The minimum atomic E-state index is 0.258. The molecule has 3 rings (SSSR count). The summed E-state index contributed by atoms with van der Waals surface area (Å²) in [5, 5.41) is 12.4. The van der Waals surface area contributed by atoms with Crippen LogP contribution in [-0.4, -0.2) is 24.2 Å². The highest BCUT2D eigenvalue weighted by atomic mass is 16.5. The van der Waals surface area contributed by atoms with Gasteiger partial charge in [0.05, 0.1) is 12.7 Å². The first-order chi connectivity index (χ1) is 9.29. The second-order valence-electron chi connectivity index (χ2n) is 4.23. The number of methoxy groups -OCH3 is 1. The monoisotopic (exact) mass is 255 g/mol. The topological polar surface area (TPSA) is 44.5 Å². The summed E-state index contributed by atoms with van der Waals surface area (Å²) in [6, 6.07) is 14.6. The van der Waals surface area contributed by atoms with Crippen LogP contribution in [0.25, 0.3) is 0 Å². The number of hydrogen-bond acceptors (Lipinski definition) is 3. The van der Waals surface area contributed by atoms with E-state index in [1.165, 1.54) is 0 Å². The highest BCUT2D eigenvalue weighted by Gasteiger charge is 2.25. The van der Waals surface area contributed by atoms with E-state index in [2.05, 4.69) is 0 Å². The fourth-order valence-corrected chi connectivity index (χ4v) is 2.10. The molecule has 0 aromatic heterocycles. The van der Waals surface area contributed by atoms with Crippen molar-refractivity contribution in [3.05, 3.63) is 59.3 Å². The molecule has 0 N–H and O–H groups in total. The highest BCUT2D eigenvalue weighted by molar-refractivity contribution is 5.99. The van der Waals surface area contributed by atoms with Gasteiger partial charge in [-0.15, -0.1) is 0 Å². The molecule has 4 heteroatoms. The van der Waals surface area contributed by atoms with Crippen molar-refractivity contribution in [3.63, 3.8) is 0 Å². The Labute approximate surface area is 111 Å². The van der Waals surface area contributed by atoms with Crippen molar-refractivity contribution in [1.82, 2.24) is 0 Å². The number of nitrogens with zero attached hydrogens (tertiary/aromatic N) is 1. The lowest BCUT2D eigenvalue weighted by Crippen LogP contribution is -2.25. The van der Waals surface area contributed by atoms with Crippen LogP contribution in [-0.2, 0) is 0 Å². The van der Waals surface area contributed by atoms with Crippen molar-refractivity contribution in [1.29, 1.82) is 0 Å². The Hall–Kier alpha value is -2.49. The molecular weight excluding hydrogens is 242 g/mol. The van der Waals surface area contributed by atoms with Crippen molar-refractivity contribution in [2.45, 2.75) is 0 Å². The molecule has 1 heterocycles. The largest absolute Gasteiger partial charge is 0.618 e. The van der Waals surface area contributed by atoms with Crippen LogP contribution >= 0.6 is 0 Å². The summed E-state index contributed by atoms with van der Waals surface area (Å²) < 4.78 is 11.7. The summed E-state index contributed by atoms with van der Waals surface area (Å²) in [5.41, 5.74) is 1.92. The Bertz CT molecular complexity index is 649. The number of hydrogen-bond donors (Lipinski definition) is 0. The molecule has 0 radical (unpaired) electrons. The van der Waals surface area contributed by atoms with Crippen molar-refractivity contribution >= 4 is 11.4 Å². The van der Waals surface area contributed by atoms with Crippen molar-refractivity contribution < 1.29 is 14.2 Å². The predicted octanol–water partition coefficient (Wildman–Crippen LogP) is 2.72. The van der Waals surface area contributed by atoms with E-state index in [1.807, 2.05) is 36.4 Å². The van der Waals surface area contributed by atoms with Crippen molar-refractivity contribution in [2.75, 3.05) is 13.7 Å². The van der Waals surface area contributed by atoms with E-state index in [9.17, 15) is 5.21 Å². The Morgan fingerprint density at radius 2 is 2.00 bits per heavy atom. The minimum Gasteiger partial charge on any atom is -0.618 e. The third kappa shape index (κ3) is 2.01. The van der Waals surface area contributed by atoms with Crippen LogP contribution in [0.4, 0.5) is 5.69 Å². The Morgan fingerprint density at radius 3 is 2.84 bits per heavy atom. The van der Waals surface area contributed by atoms with Crippen LogP contribution in [0.15, 0.2) is 48.5 Å². The first-order valence-corrected chi connectivity index (χ1v) is 5.99. The van der Waals surface area contributed by atoms with E-state index in [0.29, 0.717) is 17.1 Å². The molecule has 0 bridgehead atoms. The second kappa shape index (κ2) is 4.65. The van der Waals surface area contributed by atoms with Gasteiger partial charge in [0.25, 0.3) is 5.69 Å². The third-order valence-electron chi connectivity index (χ3n) is 3.10. The average molecular weight is 255 g/mol. The van der Waals surface area contributed by atoms with Gasteiger partial charge in [0.1, 0.15) is 5.75 Å². The molecule has 19 heavy (non-hydrogen) atoms. The minimum absolute atomic E-state index is 0.258. The van der Waals surface area contributed by atoms with Crippen molar-refractivity contribution in [3.8, 4) is 11.5 Å². The van der Waals surface area contributed by atoms with Gasteiger partial charge in [0.2, 0.25) is 5.71 Å². The number of para-hydroxylation sites is 2. The van der Waals surface area contributed by atoms with Crippen LogP contribution in [0, 0.1) is 5.21 Å². The molecule has 0 fully saturated rings. The van der Waals surface area contributed by atoms with E-state index in [-0.39, 0.29) is 6.61 Å². The Kier molecular flexibility index (Phi) is 2.83. The molecule has 4 nitrogen and oxygen atoms in total. The first-order valence-electron chi connectivity index (χ1n) is 5.99. The Morgan fingerprint density at radius 1 is 1.16 bits per heavy atom. The predicted molar refractivity (Wildman–Crippen MR) is 72.3 cm³/mol. The molecule has 0 amide bonds. The van der Waals surface area contributed by atoms with Gasteiger partial charge in [-0.3, -0.25) is 0 Å². The third-order valence-corrected chi connectivity index (χ3v) is 3.10. The van der Waals surface area contributed by atoms with E-state index in [4.69, 9.17) is 9.47 Å². The maximum Gasteiger partial charge on any atom is 0.259 e. The molecule has 2 aromatic carbocycles. The zero-order valence-electron chi connectivity index (χ0n) is 10.5. The van der Waals surface area contributed by atoms with Gasteiger partial charge in [0, 0.05) is 6.07 Å². The second-order valence-corrected chi connectivity index (χ2v) is 4.23. The molecule has 96 valence electrons. The SMILES string of the molecule is COc1cccc(C2=[N+]([O-])c3ccccc3OC2)c1. The summed E-state index contributed by atoms with van der Waals surface area (Å²) in [5.74, 6) is 1.33. The van der Waals surface area contributed by atoms with Gasteiger partial charge < -0.3 is 14.7 Å². The molecule has 0 saturated carbocycles. The molecule has 0 aliphatic carbocycles. The lowest BCUT2D eigenvalue weighted by atomic mass is 10.1. The van der Waals surface area contributed by atoms with Crippen LogP contribution < -0.4 is 9.47 Å². The van der Waals surface area contributed by atoms with E-state index >= 15 is 0 Å². The number of benzene rings is 2. The molecule has 0 spiro atoms. The Balaban J connectivity index is 2.10. The van der Waals surface area contributed by atoms with Gasteiger partial charge >= 0.3 is 0 Å². The van der Waals surface area contributed by atoms with Crippen LogP contribution in [0.2, 0.25) is 0 Å². The highest BCUT2D eigenvalue weighted by Crippen LogP contribution is 2.30. The molecule has 0 saturated heterocycles. The fourth-order valence-electron chi connectivity index (χ4n) is 2.10. The normalized spacial score (nSPS) is 13.7. The first kappa shape index (κ1) is 11.6. The fraction of sp³-hybridized carbons (Fsp3) is 0.133. The molecule has 0 unspecified atom stereocenters. The van der Waals surface area contributed by atoms with Crippen LogP contribution in [0.3, 0.4) is 0 Å². The molecule has 2 aromatic rings. The quantitative estimate of drug-likeness (QED) is 0.612. The zero-order valence-corrected chi connectivity index (χ0v) is 10.5. The van der Waals surface area contributed by atoms with Gasteiger partial charge in [-0.1, -0.05) is 18.2 Å². The van der Waals surface area contributed by atoms with E-state index in [1.54, 1.807) is 19.2 Å². The van der Waals surface area contributed by atoms with Gasteiger partial charge in [-0.05, 0) is 24.3 Å². The number of fused-ring (bicyclic) bond motifs is 1. The summed E-state index contributed by atoms with van der Waals surface area (Å²) >= 11 is 0. The molecular formula is C15H13NO3. The maximum absolute atomic E-state index is 12.4. The average Bonchev–Trinajstić information content (AvgIpc) is 2.48. The smallest absolute Gasteiger partial charge is 0.259 e.